The number of hydrogen-bond acceptors (Lipinski definition) is 10. The van der Waals surface area contributed by atoms with Gasteiger partial charge in [0.2, 0.25) is 0 Å². The van der Waals surface area contributed by atoms with E-state index in [4.69, 9.17) is 30.2 Å². The number of ether oxygens (including phenoxy) is 3. The maximum Gasteiger partial charge on any atom is 0.269 e. The molecular weight excluding hydrogens is 604 g/mol. The number of nitro groups is 1. The summed E-state index contributed by atoms with van der Waals surface area (Å²) in [6.07, 6.45) is 1.22. The minimum atomic E-state index is -4.38. The van der Waals surface area contributed by atoms with Crippen molar-refractivity contribution in [3.63, 3.8) is 0 Å². The van der Waals surface area contributed by atoms with E-state index in [1.165, 1.54) is 88.2 Å². The van der Waals surface area contributed by atoms with Crippen molar-refractivity contribution in [1.82, 2.24) is 5.43 Å². The SMILES string of the molecule is COc1ccc(S(=O)(=O)N(CC(=O)N/N=C\c2ccc(-c3ccc([N+](=O)[O-])cc3)o2)c2cc(Cl)ccc2OC)cc1OC. The highest BCUT2D eigenvalue weighted by atomic mass is 35.5. The first-order valence-corrected chi connectivity index (χ1v) is 14.1. The summed E-state index contributed by atoms with van der Waals surface area (Å²) in [5.41, 5.74) is 2.84. The van der Waals surface area contributed by atoms with Crippen LogP contribution in [-0.2, 0) is 14.8 Å². The van der Waals surface area contributed by atoms with Crippen LogP contribution < -0.4 is 23.9 Å². The zero-order valence-electron chi connectivity index (χ0n) is 23.0. The predicted octanol–water partition coefficient (Wildman–Crippen LogP) is 4.88. The Kier molecular flexibility index (Phi) is 9.52. The molecule has 43 heavy (non-hydrogen) atoms. The Morgan fingerprint density at radius 1 is 0.977 bits per heavy atom. The van der Waals surface area contributed by atoms with Gasteiger partial charge in [-0.1, -0.05) is 11.6 Å². The standard InChI is InChI=1S/C28H25ClN4O9S/c1-39-25-11-6-19(29)14-23(25)32(43(37,38)22-10-13-26(40-2)27(15-22)41-3)17-28(34)31-30-16-21-9-12-24(42-21)18-4-7-20(8-5-18)33(35)36/h4-16H,17H2,1-3H3,(H,31,34)/b30-16-. The first-order chi connectivity index (χ1) is 20.6. The molecule has 3 aromatic carbocycles. The number of nitrogens with zero attached hydrogens (tertiary/aromatic N) is 3. The largest absolute Gasteiger partial charge is 0.495 e. The highest BCUT2D eigenvalue weighted by Gasteiger charge is 2.30. The number of nitro benzene ring substituents is 1. The van der Waals surface area contributed by atoms with Gasteiger partial charge in [0, 0.05) is 28.8 Å². The number of sulfonamides is 1. The maximum atomic E-state index is 13.9. The number of halogens is 1. The molecule has 0 spiro atoms. The van der Waals surface area contributed by atoms with E-state index < -0.39 is 27.4 Å². The summed E-state index contributed by atoms with van der Waals surface area (Å²) in [5.74, 6) is 0.531. The third-order valence-electron chi connectivity index (χ3n) is 6.01. The number of furan rings is 1. The molecule has 0 atom stereocenters. The van der Waals surface area contributed by atoms with Crippen LogP contribution in [0.1, 0.15) is 5.76 Å². The van der Waals surface area contributed by atoms with E-state index in [2.05, 4.69) is 10.5 Å². The average Bonchev–Trinajstić information content (AvgIpc) is 3.48. The number of benzene rings is 3. The van der Waals surface area contributed by atoms with Gasteiger partial charge in [0.1, 0.15) is 23.8 Å². The number of rotatable bonds is 12. The van der Waals surface area contributed by atoms with Crippen LogP contribution in [-0.4, -0.2) is 53.3 Å². The van der Waals surface area contributed by atoms with Gasteiger partial charge in [-0.15, -0.1) is 0 Å². The topological polar surface area (TPSA) is 163 Å². The Bertz CT molecular complexity index is 1770. The summed E-state index contributed by atoms with van der Waals surface area (Å²) >= 11 is 6.18. The number of anilines is 1. The van der Waals surface area contributed by atoms with Gasteiger partial charge < -0.3 is 18.6 Å². The molecule has 0 bridgehead atoms. The lowest BCUT2D eigenvalue weighted by atomic mass is 10.1. The van der Waals surface area contributed by atoms with E-state index in [1.54, 1.807) is 12.1 Å². The zero-order chi connectivity index (χ0) is 31.1. The summed E-state index contributed by atoms with van der Waals surface area (Å²) in [5, 5.41) is 15.0. The van der Waals surface area contributed by atoms with Crippen molar-refractivity contribution in [2.24, 2.45) is 5.10 Å². The second-order valence-corrected chi connectivity index (χ2v) is 10.9. The van der Waals surface area contributed by atoms with Crippen LogP contribution in [0.3, 0.4) is 0 Å². The third kappa shape index (κ3) is 7.05. The quantitative estimate of drug-likeness (QED) is 0.131. The molecule has 0 fully saturated rings. The van der Waals surface area contributed by atoms with Gasteiger partial charge in [-0.3, -0.25) is 19.2 Å². The predicted molar refractivity (Wildman–Crippen MR) is 159 cm³/mol. The Morgan fingerprint density at radius 2 is 1.65 bits per heavy atom. The lowest BCUT2D eigenvalue weighted by molar-refractivity contribution is -0.384. The summed E-state index contributed by atoms with van der Waals surface area (Å²) in [7, 11) is -0.247. The van der Waals surface area contributed by atoms with Crippen molar-refractivity contribution in [2.75, 3.05) is 32.2 Å². The monoisotopic (exact) mass is 628 g/mol. The van der Waals surface area contributed by atoms with Crippen molar-refractivity contribution in [1.29, 1.82) is 0 Å². The molecule has 0 saturated carbocycles. The summed E-state index contributed by atoms with van der Waals surface area (Å²) in [6, 6.07) is 17.4. The van der Waals surface area contributed by atoms with Gasteiger partial charge in [0.05, 0.1) is 43.1 Å². The number of nitrogens with one attached hydrogen (secondary N) is 1. The number of methoxy groups -OCH3 is 3. The number of amides is 1. The van der Waals surface area contributed by atoms with Crippen molar-refractivity contribution in [2.45, 2.75) is 4.90 Å². The Hall–Kier alpha value is -5.08. The van der Waals surface area contributed by atoms with Crippen LogP contribution in [0.5, 0.6) is 17.2 Å². The van der Waals surface area contributed by atoms with Crippen molar-refractivity contribution in [3.8, 4) is 28.6 Å². The number of non-ortho nitro benzene ring substituents is 1. The molecule has 1 aromatic heterocycles. The van der Waals surface area contributed by atoms with Crippen LogP contribution >= 0.6 is 11.6 Å². The van der Waals surface area contributed by atoms with E-state index in [-0.39, 0.29) is 38.6 Å². The van der Waals surface area contributed by atoms with E-state index in [9.17, 15) is 23.3 Å². The summed E-state index contributed by atoms with van der Waals surface area (Å²) in [4.78, 5) is 23.2. The lowest BCUT2D eigenvalue weighted by Gasteiger charge is -2.25. The van der Waals surface area contributed by atoms with Crippen LogP contribution in [0.4, 0.5) is 11.4 Å². The van der Waals surface area contributed by atoms with Gasteiger partial charge in [0.25, 0.3) is 21.6 Å². The molecule has 1 amide bonds. The van der Waals surface area contributed by atoms with Crippen molar-refractivity contribution >= 4 is 45.1 Å². The van der Waals surface area contributed by atoms with Crippen LogP contribution in [0.25, 0.3) is 11.3 Å². The Balaban J connectivity index is 1.57. The van der Waals surface area contributed by atoms with E-state index >= 15 is 0 Å². The number of carbonyl (C=O) groups excluding carboxylic acids is 1. The molecule has 1 heterocycles. The molecule has 0 aliphatic carbocycles. The van der Waals surface area contributed by atoms with Crippen LogP contribution in [0, 0.1) is 10.1 Å². The van der Waals surface area contributed by atoms with Crippen molar-refractivity contribution in [3.05, 3.63) is 93.7 Å². The molecule has 13 nitrogen and oxygen atoms in total. The third-order valence-corrected chi connectivity index (χ3v) is 8.00. The summed E-state index contributed by atoms with van der Waals surface area (Å²) < 4.78 is 50.1. The molecule has 15 heteroatoms. The molecule has 0 saturated heterocycles. The van der Waals surface area contributed by atoms with Gasteiger partial charge in [-0.25, -0.2) is 13.8 Å². The Morgan fingerprint density at radius 3 is 2.30 bits per heavy atom. The summed E-state index contributed by atoms with van der Waals surface area (Å²) in [6.45, 7) is -0.697. The number of hydrazone groups is 1. The minimum absolute atomic E-state index is 0.0164. The average molecular weight is 629 g/mol. The number of hydrogen-bond donors (Lipinski definition) is 1. The molecule has 224 valence electrons. The molecule has 0 aliphatic rings. The second kappa shape index (κ2) is 13.3. The van der Waals surface area contributed by atoms with Gasteiger partial charge in [-0.2, -0.15) is 5.10 Å². The van der Waals surface area contributed by atoms with Gasteiger partial charge in [0.15, 0.2) is 11.5 Å². The smallest absolute Gasteiger partial charge is 0.269 e. The normalized spacial score (nSPS) is 11.3. The molecule has 0 aliphatic heterocycles. The fourth-order valence-corrected chi connectivity index (χ4v) is 5.53. The fourth-order valence-electron chi connectivity index (χ4n) is 3.92. The van der Waals surface area contributed by atoms with E-state index in [0.29, 0.717) is 17.1 Å². The molecule has 1 N–H and O–H groups in total. The fraction of sp³-hybridized carbons (Fsp3) is 0.143. The van der Waals surface area contributed by atoms with Crippen LogP contribution in [0.2, 0.25) is 5.02 Å². The Labute approximate surface area is 251 Å². The van der Waals surface area contributed by atoms with Gasteiger partial charge >= 0.3 is 0 Å². The molecule has 0 radical (unpaired) electrons. The zero-order valence-corrected chi connectivity index (χ0v) is 24.6. The van der Waals surface area contributed by atoms with Gasteiger partial charge in [-0.05, 0) is 54.6 Å². The molecular formula is C28H25ClN4O9S. The van der Waals surface area contributed by atoms with Crippen molar-refractivity contribution < 1.29 is 36.8 Å². The molecule has 0 unspecified atom stereocenters. The van der Waals surface area contributed by atoms with E-state index in [0.717, 1.165) is 4.31 Å². The van der Waals surface area contributed by atoms with Crippen LogP contribution in [0.15, 0.2) is 87.2 Å². The van der Waals surface area contributed by atoms with E-state index in [1.807, 2.05) is 0 Å². The number of carbonyl (C=O) groups is 1. The molecule has 4 rings (SSSR count). The first kappa shape index (κ1) is 30.9. The second-order valence-electron chi connectivity index (χ2n) is 8.64. The first-order valence-electron chi connectivity index (χ1n) is 12.3. The highest BCUT2D eigenvalue weighted by Crippen LogP contribution is 2.37. The maximum absolute atomic E-state index is 13.9. The lowest BCUT2D eigenvalue weighted by Crippen LogP contribution is -2.39. The minimum Gasteiger partial charge on any atom is -0.495 e. The molecule has 4 aromatic rings. The highest BCUT2D eigenvalue weighted by molar-refractivity contribution is 7.92.